The van der Waals surface area contributed by atoms with E-state index in [1.54, 1.807) is 6.92 Å². The Bertz CT molecular complexity index is 531. The summed E-state index contributed by atoms with van der Waals surface area (Å²) in [5.41, 5.74) is 0.182. The van der Waals surface area contributed by atoms with Gasteiger partial charge < -0.3 is 10.2 Å². The number of carbonyl (C=O) groups is 1. The van der Waals surface area contributed by atoms with Crippen LogP contribution in [0, 0.1) is 40.4 Å². The molecule has 0 aromatic carbocycles. The fourth-order valence-corrected chi connectivity index (χ4v) is 8.03. The fourth-order valence-electron chi connectivity index (χ4n) is 8.03. The second kappa shape index (κ2) is 5.54. The third kappa shape index (κ3) is 2.19. The molecule has 4 rings (SSSR count). The van der Waals surface area contributed by atoms with E-state index in [4.69, 9.17) is 0 Å². The SMILES string of the molecule is CC(=O)[C@H]1CC[C@@H]2[C@@H]3CC[C@@H]4C[C@@H](O)CC[C@]4(C)[C@@H]3[C@@H](O)C[C@]12C. The van der Waals surface area contributed by atoms with E-state index in [-0.39, 0.29) is 29.0 Å². The maximum atomic E-state index is 12.2. The van der Waals surface area contributed by atoms with Crippen LogP contribution in [0.1, 0.15) is 72.1 Å². The smallest absolute Gasteiger partial charge is 0.133 e. The molecule has 2 N–H and O–H groups in total. The van der Waals surface area contributed by atoms with E-state index in [9.17, 15) is 15.0 Å². The maximum Gasteiger partial charge on any atom is 0.133 e. The Balaban J connectivity index is 1.67. The molecule has 4 aliphatic carbocycles. The highest BCUT2D eigenvalue weighted by Gasteiger charge is 2.63. The third-order valence-electron chi connectivity index (χ3n) is 9.06. The van der Waals surface area contributed by atoms with Crippen LogP contribution in [0.5, 0.6) is 0 Å². The second-order valence-corrected chi connectivity index (χ2v) is 10.0. The summed E-state index contributed by atoms with van der Waals surface area (Å²) in [7, 11) is 0. The molecule has 0 amide bonds. The van der Waals surface area contributed by atoms with Gasteiger partial charge in [0.15, 0.2) is 0 Å². The number of aliphatic hydroxyl groups is 2. The summed E-state index contributed by atoms with van der Waals surface area (Å²) in [4.78, 5) is 12.2. The van der Waals surface area contributed by atoms with Crippen molar-refractivity contribution in [1.82, 2.24) is 0 Å². The molecular weight excluding hydrogens is 300 g/mol. The van der Waals surface area contributed by atoms with Crippen LogP contribution in [-0.4, -0.2) is 28.2 Å². The minimum atomic E-state index is -0.278. The van der Waals surface area contributed by atoms with Gasteiger partial charge >= 0.3 is 0 Å². The molecule has 0 aliphatic heterocycles. The molecule has 3 heteroatoms. The topological polar surface area (TPSA) is 57.5 Å². The van der Waals surface area contributed by atoms with Gasteiger partial charge in [0, 0.05) is 5.92 Å². The number of rotatable bonds is 1. The summed E-state index contributed by atoms with van der Waals surface area (Å²) in [5, 5.41) is 21.3. The Morgan fingerprint density at radius 1 is 1.00 bits per heavy atom. The summed E-state index contributed by atoms with van der Waals surface area (Å²) in [6.45, 7) is 6.43. The van der Waals surface area contributed by atoms with Crippen molar-refractivity contribution in [2.45, 2.75) is 84.3 Å². The Labute approximate surface area is 146 Å². The largest absolute Gasteiger partial charge is 0.393 e. The van der Waals surface area contributed by atoms with Crippen LogP contribution < -0.4 is 0 Å². The molecule has 24 heavy (non-hydrogen) atoms. The second-order valence-electron chi connectivity index (χ2n) is 10.0. The number of hydrogen-bond acceptors (Lipinski definition) is 3. The van der Waals surface area contributed by atoms with Crippen molar-refractivity contribution in [1.29, 1.82) is 0 Å². The lowest BCUT2D eigenvalue weighted by molar-refractivity contribution is -0.178. The molecule has 0 spiro atoms. The number of hydrogen-bond donors (Lipinski definition) is 2. The molecule has 0 heterocycles. The average Bonchev–Trinajstić information content (AvgIpc) is 2.84. The molecule has 0 saturated heterocycles. The van der Waals surface area contributed by atoms with Gasteiger partial charge in [0.1, 0.15) is 5.78 Å². The molecule has 9 atom stereocenters. The van der Waals surface area contributed by atoms with E-state index in [2.05, 4.69) is 13.8 Å². The van der Waals surface area contributed by atoms with Crippen LogP contribution in [0.15, 0.2) is 0 Å². The maximum absolute atomic E-state index is 12.2. The van der Waals surface area contributed by atoms with E-state index in [0.717, 1.165) is 38.5 Å². The van der Waals surface area contributed by atoms with Gasteiger partial charge in [-0.05, 0) is 92.8 Å². The van der Waals surface area contributed by atoms with Gasteiger partial charge in [0.05, 0.1) is 12.2 Å². The summed E-state index contributed by atoms with van der Waals surface area (Å²) in [6, 6.07) is 0. The molecule has 4 fully saturated rings. The van der Waals surface area contributed by atoms with Crippen molar-refractivity contribution in [3.05, 3.63) is 0 Å². The first-order valence-corrected chi connectivity index (χ1v) is 10.1. The van der Waals surface area contributed by atoms with Crippen LogP contribution in [0.2, 0.25) is 0 Å². The Morgan fingerprint density at radius 3 is 2.46 bits per heavy atom. The first kappa shape index (κ1) is 17.0. The zero-order valence-corrected chi connectivity index (χ0v) is 15.5. The van der Waals surface area contributed by atoms with Crippen molar-refractivity contribution in [3.63, 3.8) is 0 Å². The molecule has 3 nitrogen and oxygen atoms in total. The van der Waals surface area contributed by atoms with Gasteiger partial charge in [-0.15, -0.1) is 0 Å². The van der Waals surface area contributed by atoms with Gasteiger partial charge in [-0.1, -0.05) is 13.8 Å². The van der Waals surface area contributed by atoms with E-state index in [1.807, 2.05) is 0 Å². The van der Waals surface area contributed by atoms with Gasteiger partial charge in [0.25, 0.3) is 0 Å². The molecule has 0 aromatic heterocycles. The van der Waals surface area contributed by atoms with E-state index in [0.29, 0.717) is 29.5 Å². The minimum absolute atomic E-state index is 0.00376. The average molecular weight is 335 g/mol. The number of aliphatic hydroxyl groups excluding tert-OH is 2. The Hall–Kier alpha value is -0.410. The van der Waals surface area contributed by atoms with Crippen LogP contribution >= 0.6 is 0 Å². The monoisotopic (exact) mass is 334 g/mol. The van der Waals surface area contributed by atoms with E-state index >= 15 is 0 Å². The first-order chi connectivity index (χ1) is 11.3. The van der Waals surface area contributed by atoms with Crippen LogP contribution in [0.25, 0.3) is 0 Å². The lowest BCUT2D eigenvalue weighted by atomic mass is 9.44. The predicted molar refractivity (Wildman–Crippen MR) is 93.3 cm³/mol. The van der Waals surface area contributed by atoms with E-state index < -0.39 is 0 Å². The summed E-state index contributed by atoms with van der Waals surface area (Å²) < 4.78 is 0. The highest BCUT2D eigenvalue weighted by molar-refractivity contribution is 5.79. The molecule has 136 valence electrons. The third-order valence-corrected chi connectivity index (χ3v) is 9.06. The summed E-state index contributed by atoms with van der Waals surface area (Å²) in [5.74, 6) is 2.58. The number of carbonyl (C=O) groups excluding carboxylic acids is 1. The summed E-state index contributed by atoms with van der Waals surface area (Å²) >= 11 is 0. The lowest BCUT2D eigenvalue weighted by Crippen LogP contribution is -2.59. The number of fused-ring (bicyclic) bond motifs is 5. The highest BCUT2D eigenvalue weighted by Crippen LogP contribution is 2.67. The fraction of sp³-hybridized carbons (Fsp3) is 0.952. The lowest BCUT2D eigenvalue weighted by Gasteiger charge is -2.62. The van der Waals surface area contributed by atoms with Gasteiger partial charge in [-0.2, -0.15) is 0 Å². The Morgan fingerprint density at radius 2 is 1.75 bits per heavy atom. The highest BCUT2D eigenvalue weighted by atomic mass is 16.3. The first-order valence-electron chi connectivity index (χ1n) is 10.1. The molecule has 0 unspecified atom stereocenters. The van der Waals surface area contributed by atoms with Crippen molar-refractivity contribution in [2.75, 3.05) is 0 Å². The van der Waals surface area contributed by atoms with Crippen molar-refractivity contribution in [3.8, 4) is 0 Å². The number of Topliss-reactive ketones (excluding diaryl/α,β-unsaturated/α-hetero) is 1. The normalized spacial score (nSPS) is 57.0. The standard InChI is InChI=1S/C21H34O3/c1-12(22)16-6-7-17-15-5-4-13-10-14(23)8-9-20(13,2)19(15)18(24)11-21(16,17)3/h13-19,23-24H,4-11H2,1-3H3/t13-,14+,15+,16-,17-,18+,19+,20+,21-/m1/s1. The van der Waals surface area contributed by atoms with E-state index in [1.165, 1.54) is 12.8 Å². The van der Waals surface area contributed by atoms with Crippen molar-refractivity contribution >= 4 is 5.78 Å². The minimum Gasteiger partial charge on any atom is -0.393 e. The molecule has 0 radical (unpaired) electrons. The Kier molecular flexibility index (Phi) is 3.93. The zero-order valence-electron chi connectivity index (χ0n) is 15.5. The number of ketones is 1. The van der Waals surface area contributed by atoms with Gasteiger partial charge in [0.2, 0.25) is 0 Å². The molecule has 4 aliphatic rings. The molecule has 0 aromatic rings. The summed E-state index contributed by atoms with van der Waals surface area (Å²) in [6.07, 6.45) is 7.80. The van der Waals surface area contributed by atoms with Gasteiger partial charge in [-0.25, -0.2) is 0 Å². The molecule has 0 bridgehead atoms. The van der Waals surface area contributed by atoms with Crippen LogP contribution in [0.4, 0.5) is 0 Å². The predicted octanol–water partition coefficient (Wildman–Crippen LogP) is 3.57. The van der Waals surface area contributed by atoms with Gasteiger partial charge in [-0.3, -0.25) is 4.79 Å². The quantitative estimate of drug-likeness (QED) is 0.771. The molecule has 4 saturated carbocycles. The zero-order chi connectivity index (χ0) is 17.3. The van der Waals surface area contributed by atoms with Crippen LogP contribution in [0.3, 0.4) is 0 Å². The molecular formula is C21H34O3. The van der Waals surface area contributed by atoms with Crippen molar-refractivity contribution in [2.24, 2.45) is 40.4 Å². The van der Waals surface area contributed by atoms with Crippen LogP contribution in [-0.2, 0) is 4.79 Å². The van der Waals surface area contributed by atoms with Crippen molar-refractivity contribution < 1.29 is 15.0 Å².